The van der Waals surface area contributed by atoms with Crippen molar-refractivity contribution in [2.45, 2.75) is 23.0 Å². The molecule has 0 aliphatic heterocycles. The molecule has 12 heavy (non-hydrogen) atoms. The van der Waals surface area contributed by atoms with E-state index < -0.39 is 10.0 Å². The molecule has 0 spiro atoms. The average molecular weight is 204 g/mol. The van der Waals surface area contributed by atoms with Crippen molar-refractivity contribution in [3.8, 4) is 0 Å². The molecule has 0 radical (unpaired) electrons. The smallest absolute Gasteiger partial charge is 0.248 e. The molecule has 1 saturated carbocycles. The molecule has 1 aromatic heterocycles. The zero-order valence-electron chi connectivity index (χ0n) is 6.23. The lowest BCUT2D eigenvalue weighted by atomic mass is 10.5. The van der Waals surface area contributed by atoms with E-state index in [0.717, 1.165) is 17.8 Å². The fourth-order valence-electron chi connectivity index (χ4n) is 0.923. The maximum Gasteiger partial charge on any atom is 0.249 e. The molecule has 2 N–H and O–H groups in total. The van der Waals surface area contributed by atoms with Gasteiger partial charge in [-0.3, -0.25) is 0 Å². The first-order chi connectivity index (χ1) is 5.57. The van der Waals surface area contributed by atoms with E-state index in [1.54, 1.807) is 0 Å². The second kappa shape index (κ2) is 2.51. The van der Waals surface area contributed by atoms with E-state index >= 15 is 0 Å². The molecular formula is C6H8N2O2S2. The molecule has 0 bridgehead atoms. The Morgan fingerprint density at radius 3 is 2.67 bits per heavy atom. The van der Waals surface area contributed by atoms with E-state index in [-0.39, 0.29) is 4.21 Å². The number of hydrogen-bond acceptors (Lipinski definition) is 4. The van der Waals surface area contributed by atoms with Crippen molar-refractivity contribution in [1.29, 1.82) is 0 Å². The lowest BCUT2D eigenvalue weighted by molar-refractivity contribution is 0.599. The third-order valence-electron chi connectivity index (χ3n) is 1.71. The zero-order valence-corrected chi connectivity index (χ0v) is 7.86. The van der Waals surface area contributed by atoms with Gasteiger partial charge in [0.15, 0.2) is 4.21 Å². The summed E-state index contributed by atoms with van der Waals surface area (Å²) in [5, 5.41) is 5.84. The molecule has 2 rings (SSSR count). The predicted molar refractivity (Wildman–Crippen MR) is 45.5 cm³/mol. The molecule has 1 fully saturated rings. The van der Waals surface area contributed by atoms with E-state index in [4.69, 9.17) is 5.14 Å². The van der Waals surface area contributed by atoms with Gasteiger partial charge in [0.1, 0.15) is 0 Å². The summed E-state index contributed by atoms with van der Waals surface area (Å²) in [5.74, 6) is 0.491. The SMILES string of the molecule is NS(=O)(=O)c1cnc(C2CC2)s1. The van der Waals surface area contributed by atoms with Crippen LogP contribution in [-0.2, 0) is 10.0 Å². The van der Waals surface area contributed by atoms with Crippen LogP contribution >= 0.6 is 11.3 Å². The Labute approximate surface area is 74.5 Å². The van der Waals surface area contributed by atoms with Crippen molar-refractivity contribution in [3.63, 3.8) is 0 Å². The molecule has 0 unspecified atom stereocenters. The van der Waals surface area contributed by atoms with E-state index in [9.17, 15) is 8.42 Å². The van der Waals surface area contributed by atoms with Crippen LogP contribution in [0.25, 0.3) is 0 Å². The molecule has 6 heteroatoms. The third-order valence-corrected chi connectivity index (χ3v) is 4.28. The Balaban J connectivity index is 2.35. The fourth-order valence-corrected chi connectivity index (χ4v) is 2.66. The van der Waals surface area contributed by atoms with E-state index in [2.05, 4.69) is 4.98 Å². The molecule has 1 heterocycles. The number of nitrogens with zero attached hydrogens (tertiary/aromatic N) is 1. The molecule has 66 valence electrons. The van der Waals surface area contributed by atoms with Crippen LogP contribution < -0.4 is 5.14 Å². The molecule has 1 aliphatic carbocycles. The van der Waals surface area contributed by atoms with Crippen molar-refractivity contribution in [3.05, 3.63) is 11.2 Å². The highest BCUT2D eigenvalue weighted by Crippen LogP contribution is 2.42. The predicted octanol–water partition coefficient (Wildman–Crippen LogP) is 0.668. The van der Waals surface area contributed by atoms with Crippen molar-refractivity contribution in [2.24, 2.45) is 5.14 Å². The Morgan fingerprint density at radius 1 is 1.58 bits per heavy atom. The molecule has 0 aromatic carbocycles. The number of hydrogen-bond donors (Lipinski definition) is 1. The Hall–Kier alpha value is -0.460. The maximum atomic E-state index is 10.8. The second-order valence-corrected chi connectivity index (χ2v) is 5.69. The van der Waals surface area contributed by atoms with Crippen molar-refractivity contribution >= 4 is 21.4 Å². The Morgan fingerprint density at radius 2 is 2.25 bits per heavy atom. The van der Waals surface area contributed by atoms with E-state index in [1.165, 1.54) is 17.5 Å². The largest absolute Gasteiger partial charge is 0.249 e. The number of thiazole rings is 1. The van der Waals surface area contributed by atoms with Crippen LogP contribution in [-0.4, -0.2) is 13.4 Å². The monoisotopic (exact) mass is 204 g/mol. The van der Waals surface area contributed by atoms with Gasteiger partial charge in [-0.15, -0.1) is 11.3 Å². The normalized spacial score (nSPS) is 18.1. The van der Waals surface area contributed by atoms with Gasteiger partial charge in [-0.2, -0.15) is 0 Å². The number of nitrogens with two attached hydrogens (primary N) is 1. The summed E-state index contributed by atoms with van der Waals surface area (Å²) in [6.07, 6.45) is 3.59. The standard InChI is InChI=1S/C6H8N2O2S2/c7-12(9,10)5-3-8-6(11-5)4-1-2-4/h3-4H,1-2H2,(H2,7,9,10). The number of sulfonamides is 1. The molecule has 4 nitrogen and oxygen atoms in total. The van der Waals surface area contributed by atoms with Gasteiger partial charge < -0.3 is 0 Å². The number of primary sulfonamides is 1. The van der Waals surface area contributed by atoms with Gasteiger partial charge >= 0.3 is 0 Å². The summed E-state index contributed by atoms with van der Waals surface area (Å²) in [6.45, 7) is 0. The molecule has 0 saturated heterocycles. The molecule has 0 amide bonds. The van der Waals surface area contributed by atoms with Crippen molar-refractivity contribution < 1.29 is 8.42 Å². The first kappa shape index (κ1) is 8.15. The van der Waals surface area contributed by atoms with Crippen molar-refractivity contribution in [1.82, 2.24) is 4.98 Å². The van der Waals surface area contributed by atoms with Crippen molar-refractivity contribution in [2.75, 3.05) is 0 Å². The molecule has 1 aliphatic rings. The molecule has 0 atom stereocenters. The van der Waals surface area contributed by atoms with Crippen LogP contribution in [0.15, 0.2) is 10.4 Å². The first-order valence-electron chi connectivity index (χ1n) is 3.56. The number of aromatic nitrogens is 1. The van der Waals surface area contributed by atoms with Crippen LogP contribution in [0.3, 0.4) is 0 Å². The van der Waals surface area contributed by atoms with E-state index in [0.29, 0.717) is 5.92 Å². The highest BCUT2D eigenvalue weighted by Gasteiger charge is 2.27. The highest BCUT2D eigenvalue weighted by molar-refractivity contribution is 7.91. The van der Waals surface area contributed by atoms with Crippen LogP contribution in [0, 0.1) is 0 Å². The van der Waals surface area contributed by atoms with Gasteiger partial charge in [0, 0.05) is 5.92 Å². The number of rotatable bonds is 2. The van der Waals surface area contributed by atoms with Gasteiger partial charge in [-0.25, -0.2) is 18.5 Å². The minimum Gasteiger partial charge on any atom is -0.248 e. The maximum absolute atomic E-state index is 10.8. The van der Waals surface area contributed by atoms with Crippen LogP contribution in [0.1, 0.15) is 23.8 Å². The topological polar surface area (TPSA) is 73.1 Å². The van der Waals surface area contributed by atoms with Gasteiger partial charge in [-0.1, -0.05) is 0 Å². The van der Waals surface area contributed by atoms with Gasteiger partial charge in [-0.05, 0) is 12.8 Å². The fraction of sp³-hybridized carbons (Fsp3) is 0.500. The first-order valence-corrected chi connectivity index (χ1v) is 5.92. The molecule has 1 aromatic rings. The summed E-state index contributed by atoms with van der Waals surface area (Å²) in [4.78, 5) is 4.00. The Bertz CT molecular complexity index is 391. The highest BCUT2D eigenvalue weighted by atomic mass is 32.2. The van der Waals surface area contributed by atoms with E-state index in [1.807, 2.05) is 0 Å². The lowest BCUT2D eigenvalue weighted by Gasteiger charge is -1.87. The Kier molecular flexibility index (Phi) is 1.71. The molecular weight excluding hydrogens is 196 g/mol. The lowest BCUT2D eigenvalue weighted by Crippen LogP contribution is -2.09. The second-order valence-electron chi connectivity index (χ2n) is 2.84. The van der Waals surface area contributed by atoms with Crippen LogP contribution in [0.4, 0.5) is 0 Å². The van der Waals surface area contributed by atoms with Gasteiger partial charge in [0.2, 0.25) is 10.0 Å². The summed E-state index contributed by atoms with van der Waals surface area (Å²) in [6, 6.07) is 0. The van der Waals surface area contributed by atoms with Crippen LogP contribution in [0.2, 0.25) is 0 Å². The summed E-state index contributed by atoms with van der Waals surface area (Å²) in [7, 11) is -3.53. The zero-order chi connectivity index (χ0) is 8.77. The van der Waals surface area contributed by atoms with Crippen LogP contribution in [0.5, 0.6) is 0 Å². The minimum absolute atomic E-state index is 0.171. The van der Waals surface area contributed by atoms with Gasteiger partial charge in [0.05, 0.1) is 11.2 Å². The summed E-state index contributed by atoms with van der Waals surface area (Å²) in [5.41, 5.74) is 0. The summed E-state index contributed by atoms with van der Waals surface area (Å²) < 4.78 is 21.8. The van der Waals surface area contributed by atoms with Gasteiger partial charge in [0.25, 0.3) is 0 Å². The summed E-state index contributed by atoms with van der Waals surface area (Å²) >= 11 is 1.19. The quantitative estimate of drug-likeness (QED) is 0.769. The average Bonchev–Trinajstić information content (AvgIpc) is 2.66. The minimum atomic E-state index is -3.53. The third kappa shape index (κ3) is 1.50.